The smallest absolute Gasteiger partial charge is 0.344 e. The summed E-state index contributed by atoms with van der Waals surface area (Å²) in [7, 11) is 1.17. The highest BCUT2D eigenvalue weighted by Crippen LogP contribution is 2.46. The second kappa shape index (κ2) is 13.0. The molecule has 0 radical (unpaired) electrons. The van der Waals surface area contributed by atoms with Crippen molar-refractivity contribution in [3.05, 3.63) is 68.4 Å². The van der Waals surface area contributed by atoms with Crippen molar-refractivity contribution in [2.24, 2.45) is 0 Å². The zero-order valence-corrected chi connectivity index (χ0v) is 27.9. The van der Waals surface area contributed by atoms with Gasteiger partial charge in [0.05, 0.1) is 35.1 Å². The first-order valence-electron chi connectivity index (χ1n) is 15.7. The van der Waals surface area contributed by atoms with Gasteiger partial charge in [0.2, 0.25) is 17.8 Å². The molecule has 4 aromatic carbocycles. The van der Waals surface area contributed by atoms with Gasteiger partial charge < -0.3 is 78.5 Å². The Morgan fingerprint density at radius 2 is 1.11 bits per heavy atom. The lowest BCUT2D eigenvalue weighted by Gasteiger charge is -2.42. The molecule has 0 aliphatic carbocycles. The number of esters is 2. The Kier molecular flexibility index (Phi) is 8.50. The quantitative estimate of drug-likeness (QED) is 0.0486. The minimum absolute atomic E-state index is 0.0573. The third-order valence-electron chi connectivity index (χ3n) is 8.81. The highest BCUT2D eigenvalue weighted by atomic mass is 16.7. The van der Waals surface area contributed by atoms with E-state index < -0.39 is 122 Å². The Hall–Kier alpha value is -7.32. The van der Waals surface area contributed by atoms with Gasteiger partial charge in [0.1, 0.15) is 0 Å². The molecule has 2 aromatic heterocycles. The van der Waals surface area contributed by atoms with E-state index in [0.29, 0.717) is 12.1 Å². The van der Waals surface area contributed by atoms with Crippen LogP contribution in [0.5, 0.6) is 57.5 Å². The maximum atomic E-state index is 13.3. The zero-order chi connectivity index (χ0) is 39.8. The molecular weight excluding hydrogens is 740 g/mol. The van der Waals surface area contributed by atoms with Crippen molar-refractivity contribution in [3.8, 4) is 57.5 Å². The fraction of sp³-hybridized carbons (Fsp3) is 0.200. The van der Waals surface area contributed by atoms with Crippen LogP contribution in [-0.2, 0) is 14.2 Å². The molecule has 0 unspecified atom stereocenters. The highest BCUT2D eigenvalue weighted by molar-refractivity contribution is 6.22. The molecule has 3 heterocycles. The number of ether oxygens (including phenoxy) is 5. The van der Waals surface area contributed by atoms with E-state index in [1.54, 1.807) is 0 Å². The molecule has 0 bridgehead atoms. The summed E-state index contributed by atoms with van der Waals surface area (Å²) >= 11 is 0. The number of phenols is 8. The molecule has 1 saturated heterocycles. The van der Waals surface area contributed by atoms with Crippen LogP contribution in [0.2, 0.25) is 0 Å². The van der Waals surface area contributed by atoms with E-state index in [4.69, 9.17) is 32.5 Å². The third kappa shape index (κ3) is 5.81. The van der Waals surface area contributed by atoms with E-state index in [9.17, 15) is 65.1 Å². The molecule has 0 amide bonds. The van der Waals surface area contributed by atoms with Gasteiger partial charge in [-0.05, 0) is 43.3 Å². The fourth-order valence-electron chi connectivity index (χ4n) is 6.18. The number of hydrogen-bond acceptors (Lipinski definition) is 20. The molecule has 6 aromatic rings. The first-order chi connectivity index (χ1) is 26.0. The van der Waals surface area contributed by atoms with Crippen LogP contribution in [0.1, 0.15) is 27.6 Å². The van der Waals surface area contributed by atoms with Crippen LogP contribution in [-0.4, -0.2) is 95.7 Å². The average molecular weight is 767 g/mol. The number of aliphatic hydroxyl groups is 1. The monoisotopic (exact) mass is 766 g/mol. The molecule has 286 valence electrons. The van der Waals surface area contributed by atoms with E-state index in [2.05, 4.69) is 0 Å². The number of carbonyl (C=O) groups is 2. The molecule has 1 aliphatic rings. The Bertz CT molecular complexity index is 2630. The standard InChI is InChI=1S/C35H26O20/c1-9-26(52-31(45)10-3-14(36)22(41)15(37)4-10)30(55-32(46)11-5-16(38)23(42)17(39)6-11)25(44)35(50-9)51-19-8-13-20-21-12(33(47)53-28(20)24(19)43)7-18(40)27(49-2)29(21)54-34(13)48/h3-9,25-26,30,35-44H,1-2H3/t9-,25+,26-,30-,35-/m0/s1. The van der Waals surface area contributed by atoms with Crippen molar-refractivity contribution in [3.63, 3.8) is 0 Å². The van der Waals surface area contributed by atoms with Crippen molar-refractivity contribution < 1.29 is 88.1 Å². The molecule has 55 heavy (non-hydrogen) atoms. The van der Waals surface area contributed by atoms with E-state index in [1.165, 1.54) is 14.0 Å². The number of hydrogen-bond donors (Lipinski definition) is 9. The van der Waals surface area contributed by atoms with Gasteiger partial charge in [0.25, 0.3) is 0 Å². The zero-order valence-electron chi connectivity index (χ0n) is 27.9. The number of carbonyl (C=O) groups excluding carboxylic acids is 2. The molecule has 1 fully saturated rings. The average Bonchev–Trinajstić information content (AvgIpc) is 3.13. The van der Waals surface area contributed by atoms with Crippen molar-refractivity contribution in [2.45, 2.75) is 37.6 Å². The maximum Gasteiger partial charge on any atom is 0.344 e. The van der Waals surface area contributed by atoms with Gasteiger partial charge in [-0.25, -0.2) is 19.2 Å². The molecule has 0 saturated carbocycles. The SMILES string of the molecule is COc1c(O)cc2c(=O)oc3c(O)c(O[C@@H]4O[C@@H](C)[C@H](OC(=O)c5cc(O)c(O)c(O)c5)[C@@H](OC(=O)c5cc(O)c(O)c(O)c5)[C@H]4O)cc4c(=O)oc1c2c34. The number of methoxy groups -OCH3 is 1. The predicted molar refractivity (Wildman–Crippen MR) is 179 cm³/mol. The molecule has 5 atom stereocenters. The third-order valence-corrected chi connectivity index (χ3v) is 8.81. The molecule has 20 heteroatoms. The van der Waals surface area contributed by atoms with Crippen LogP contribution in [0, 0.1) is 0 Å². The second-order valence-corrected chi connectivity index (χ2v) is 12.2. The number of benzene rings is 4. The van der Waals surface area contributed by atoms with E-state index in [0.717, 1.165) is 24.3 Å². The van der Waals surface area contributed by atoms with Gasteiger partial charge in [-0.2, -0.15) is 0 Å². The summed E-state index contributed by atoms with van der Waals surface area (Å²) in [6.45, 7) is 1.27. The lowest BCUT2D eigenvalue weighted by molar-refractivity contribution is -0.267. The lowest BCUT2D eigenvalue weighted by Crippen LogP contribution is -2.61. The maximum absolute atomic E-state index is 13.3. The second-order valence-electron chi connectivity index (χ2n) is 12.2. The number of phenolic OH excluding ortho intramolecular Hbond substituents is 8. The first-order valence-corrected chi connectivity index (χ1v) is 15.7. The van der Waals surface area contributed by atoms with Crippen molar-refractivity contribution in [2.75, 3.05) is 7.11 Å². The Morgan fingerprint density at radius 3 is 1.64 bits per heavy atom. The van der Waals surface area contributed by atoms with Gasteiger partial charge in [0.15, 0.2) is 75.5 Å². The topological polar surface area (TPSA) is 323 Å². The summed E-state index contributed by atoms with van der Waals surface area (Å²) in [5, 5.41) is 91.5. The van der Waals surface area contributed by atoms with Crippen LogP contribution in [0.25, 0.3) is 32.7 Å². The predicted octanol–water partition coefficient (Wildman–Crippen LogP) is 2.08. The number of rotatable bonds is 7. The summed E-state index contributed by atoms with van der Waals surface area (Å²) in [4.78, 5) is 52.7. The Labute approximate surface area is 303 Å². The van der Waals surface area contributed by atoms with Crippen molar-refractivity contribution >= 4 is 44.6 Å². The minimum atomic E-state index is -2.17. The van der Waals surface area contributed by atoms with Gasteiger partial charge in [-0.3, -0.25) is 0 Å². The van der Waals surface area contributed by atoms with Crippen LogP contribution in [0.3, 0.4) is 0 Å². The molecular formula is C35H26O20. The van der Waals surface area contributed by atoms with Gasteiger partial charge in [-0.15, -0.1) is 0 Å². The Balaban J connectivity index is 1.28. The van der Waals surface area contributed by atoms with E-state index >= 15 is 0 Å². The van der Waals surface area contributed by atoms with Crippen LogP contribution >= 0.6 is 0 Å². The van der Waals surface area contributed by atoms with E-state index in [1.807, 2.05) is 0 Å². The van der Waals surface area contributed by atoms with Gasteiger partial charge in [0, 0.05) is 10.8 Å². The first kappa shape index (κ1) is 36.1. The largest absolute Gasteiger partial charge is 0.504 e. The molecule has 0 spiro atoms. The summed E-state index contributed by atoms with van der Waals surface area (Å²) in [5.74, 6) is -10.6. The summed E-state index contributed by atoms with van der Waals surface area (Å²) < 4.78 is 38.3. The minimum Gasteiger partial charge on any atom is -0.504 e. The summed E-state index contributed by atoms with van der Waals surface area (Å²) in [5.41, 5.74) is -4.16. The summed E-state index contributed by atoms with van der Waals surface area (Å²) in [6, 6.07) is 4.86. The Morgan fingerprint density at radius 1 is 0.636 bits per heavy atom. The van der Waals surface area contributed by atoms with Gasteiger partial charge in [-0.1, -0.05) is 0 Å². The highest BCUT2D eigenvalue weighted by Gasteiger charge is 2.50. The van der Waals surface area contributed by atoms with Gasteiger partial charge >= 0.3 is 23.2 Å². The fourth-order valence-corrected chi connectivity index (χ4v) is 6.18. The van der Waals surface area contributed by atoms with Crippen molar-refractivity contribution in [1.82, 2.24) is 0 Å². The van der Waals surface area contributed by atoms with Crippen LogP contribution in [0.4, 0.5) is 0 Å². The normalized spacial score (nSPS) is 19.8. The molecule has 9 N–H and O–H groups in total. The van der Waals surface area contributed by atoms with Crippen molar-refractivity contribution in [1.29, 1.82) is 0 Å². The molecule has 20 nitrogen and oxygen atoms in total. The molecule has 1 aliphatic heterocycles. The van der Waals surface area contributed by atoms with Crippen LogP contribution in [0.15, 0.2) is 54.8 Å². The number of aliphatic hydroxyl groups excluding tert-OH is 1. The molecule has 7 rings (SSSR count). The van der Waals surface area contributed by atoms with E-state index in [-0.39, 0.29) is 32.9 Å². The van der Waals surface area contributed by atoms with Crippen LogP contribution < -0.4 is 20.7 Å². The number of aromatic hydroxyl groups is 8. The lowest BCUT2D eigenvalue weighted by atomic mass is 9.98. The summed E-state index contributed by atoms with van der Waals surface area (Å²) in [6.07, 6.45) is -9.25.